The number of piperidine rings is 1. The first-order valence-electron chi connectivity index (χ1n) is 10.3. The van der Waals surface area contributed by atoms with E-state index in [1.807, 2.05) is 0 Å². The minimum atomic E-state index is -3.85. The molecule has 0 bridgehead atoms. The Morgan fingerprint density at radius 2 is 1.76 bits per heavy atom. The lowest BCUT2D eigenvalue weighted by atomic mass is 9.99. The van der Waals surface area contributed by atoms with Crippen LogP contribution in [0, 0.1) is 12.8 Å². The molecule has 0 saturated carbocycles. The third-order valence-corrected chi connectivity index (χ3v) is 9.18. The highest BCUT2D eigenvalue weighted by molar-refractivity contribution is 7.92. The summed E-state index contributed by atoms with van der Waals surface area (Å²) in [5.41, 5.74) is 1.42. The van der Waals surface area contributed by atoms with Gasteiger partial charge >= 0.3 is 0 Å². The van der Waals surface area contributed by atoms with Gasteiger partial charge in [0.2, 0.25) is 5.91 Å². The van der Waals surface area contributed by atoms with Gasteiger partial charge in [0.05, 0.1) is 16.5 Å². The molecule has 1 saturated heterocycles. The molecule has 0 spiro atoms. The number of anilines is 2. The molecule has 1 aliphatic heterocycles. The number of carbonyl (C=O) groups excluding carboxylic acids is 1. The normalized spacial score (nSPS) is 17.7. The molecule has 1 fully saturated rings. The summed E-state index contributed by atoms with van der Waals surface area (Å²) in [7, 11) is -4.53. The summed E-state index contributed by atoms with van der Waals surface area (Å²) < 4.78 is 55.1. The van der Waals surface area contributed by atoms with Crippen LogP contribution in [0.1, 0.15) is 18.4 Å². The maximum Gasteiger partial charge on any atom is 0.281 e. The van der Waals surface area contributed by atoms with Gasteiger partial charge in [0.15, 0.2) is 0 Å². The van der Waals surface area contributed by atoms with Crippen molar-refractivity contribution in [3.8, 4) is 0 Å². The first-order valence-corrected chi connectivity index (χ1v) is 13.5. The van der Waals surface area contributed by atoms with Gasteiger partial charge in [-0.2, -0.15) is 17.0 Å². The molecule has 0 aliphatic carbocycles. The number of halogens is 1. The van der Waals surface area contributed by atoms with Crippen LogP contribution in [-0.4, -0.2) is 58.5 Å². The molecule has 12 heteroatoms. The zero-order valence-corrected chi connectivity index (χ0v) is 21.0. The van der Waals surface area contributed by atoms with Crippen LogP contribution in [0.15, 0.2) is 47.4 Å². The van der Waals surface area contributed by atoms with E-state index >= 15 is 0 Å². The highest BCUT2D eigenvalue weighted by atomic mass is 35.5. The Kier molecular flexibility index (Phi) is 7.69. The van der Waals surface area contributed by atoms with Gasteiger partial charge < -0.3 is 5.32 Å². The maximum atomic E-state index is 12.7. The van der Waals surface area contributed by atoms with Gasteiger partial charge in [0, 0.05) is 37.9 Å². The molecule has 3 rings (SSSR count). The third-order valence-electron chi connectivity index (χ3n) is 5.49. The van der Waals surface area contributed by atoms with Gasteiger partial charge in [-0.3, -0.25) is 9.52 Å². The second-order valence-corrected chi connectivity index (χ2v) is 12.3. The number of nitrogens with one attached hydrogen (secondary N) is 2. The fourth-order valence-electron chi connectivity index (χ4n) is 3.48. The summed E-state index contributed by atoms with van der Waals surface area (Å²) in [6, 6.07) is 10.7. The van der Waals surface area contributed by atoms with Crippen LogP contribution in [0.4, 0.5) is 11.4 Å². The molecule has 1 atom stereocenters. The predicted octanol–water partition coefficient (Wildman–Crippen LogP) is 2.91. The smallest absolute Gasteiger partial charge is 0.281 e. The first kappa shape index (κ1) is 25.4. The molecule has 2 N–H and O–H groups in total. The predicted molar refractivity (Wildman–Crippen MR) is 129 cm³/mol. The largest absolute Gasteiger partial charge is 0.326 e. The van der Waals surface area contributed by atoms with E-state index in [-0.39, 0.29) is 17.3 Å². The van der Waals surface area contributed by atoms with Gasteiger partial charge in [-0.25, -0.2) is 8.42 Å². The molecule has 2 aromatic rings. The van der Waals surface area contributed by atoms with Crippen molar-refractivity contribution < 1.29 is 21.6 Å². The van der Waals surface area contributed by atoms with Crippen molar-refractivity contribution in [3.05, 3.63) is 53.1 Å². The van der Waals surface area contributed by atoms with Crippen LogP contribution in [0.5, 0.6) is 0 Å². The van der Waals surface area contributed by atoms with Gasteiger partial charge in [-0.1, -0.05) is 17.7 Å². The summed E-state index contributed by atoms with van der Waals surface area (Å²) in [5, 5.41) is 3.20. The number of rotatable bonds is 7. The van der Waals surface area contributed by atoms with E-state index in [1.165, 1.54) is 42.7 Å². The van der Waals surface area contributed by atoms with E-state index in [9.17, 15) is 21.6 Å². The Morgan fingerprint density at radius 1 is 1.09 bits per heavy atom. The molecule has 33 heavy (non-hydrogen) atoms. The van der Waals surface area contributed by atoms with Crippen LogP contribution in [0.25, 0.3) is 0 Å². The summed E-state index contributed by atoms with van der Waals surface area (Å²) in [4.78, 5) is 12.7. The quantitative estimate of drug-likeness (QED) is 0.589. The molecular formula is C21H27ClN4O5S2. The molecule has 1 heterocycles. The zero-order valence-electron chi connectivity index (χ0n) is 18.6. The first-order chi connectivity index (χ1) is 15.4. The highest BCUT2D eigenvalue weighted by Gasteiger charge is 2.33. The Bertz CT molecular complexity index is 1230. The SMILES string of the molecule is Cc1c(Cl)cccc1NS(=O)(=O)c1ccc(NC(=O)[C@H]2CCCN(S(=O)(=O)N(C)C)C2)cc1. The summed E-state index contributed by atoms with van der Waals surface area (Å²) in [6.45, 7) is 2.19. The van der Waals surface area contributed by atoms with Crippen LogP contribution >= 0.6 is 11.6 Å². The average molecular weight is 515 g/mol. The fourth-order valence-corrected chi connectivity index (χ4v) is 5.97. The number of amides is 1. The molecule has 9 nitrogen and oxygen atoms in total. The molecule has 1 amide bonds. The van der Waals surface area contributed by atoms with E-state index in [0.29, 0.717) is 41.3 Å². The van der Waals surface area contributed by atoms with Gasteiger partial charge in [-0.15, -0.1) is 0 Å². The number of benzene rings is 2. The maximum absolute atomic E-state index is 12.7. The van der Waals surface area contributed by atoms with Crippen LogP contribution in [-0.2, 0) is 25.0 Å². The van der Waals surface area contributed by atoms with Crippen molar-refractivity contribution in [1.29, 1.82) is 0 Å². The molecule has 1 aliphatic rings. The topological polar surface area (TPSA) is 116 Å². The van der Waals surface area contributed by atoms with E-state index < -0.39 is 26.2 Å². The van der Waals surface area contributed by atoms with Gasteiger partial charge in [-0.05, 0) is 61.7 Å². The number of nitrogens with zero attached hydrogens (tertiary/aromatic N) is 2. The zero-order chi connectivity index (χ0) is 24.4. The van der Waals surface area contributed by atoms with Crippen molar-refractivity contribution in [2.24, 2.45) is 5.92 Å². The van der Waals surface area contributed by atoms with Crippen LogP contribution < -0.4 is 10.0 Å². The van der Waals surface area contributed by atoms with Gasteiger partial charge in [0.1, 0.15) is 0 Å². The third kappa shape index (κ3) is 5.85. The molecule has 180 valence electrons. The molecule has 0 unspecified atom stereocenters. The number of hydrogen-bond acceptors (Lipinski definition) is 5. The summed E-state index contributed by atoms with van der Waals surface area (Å²) in [6.07, 6.45) is 1.15. The average Bonchev–Trinajstić information content (AvgIpc) is 2.77. The molecule has 0 radical (unpaired) electrons. The van der Waals surface area contributed by atoms with E-state index in [1.54, 1.807) is 25.1 Å². The minimum Gasteiger partial charge on any atom is -0.326 e. The van der Waals surface area contributed by atoms with E-state index in [2.05, 4.69) is 10.0 Å². The molecule has 0 aromatic heterocycles. The Morgan fingerprint density at radius 3 is 2.39 bits per heavy atom. The lowest BCUT2D eigenvalue weighted by Crippen LogP contribution is -2.47. The summed E-state index contributed by atoms with van der Waals surface area (Å²) in [5.74, 6) is -0.804. The van der Waals surface area contributed by atoms with Crippen molar-refractivity contribution in [2.45, 2.75) is 24.7 Å². The Balaban J connectivity index is 1.67. The monoisotopic (exact) mass is 514 g/mol. The fraction of sp³-hybridized carbons (Fsp3) is 0.381. The second kappa shape index (κ2) is 9.98. The minimum absolute atomic E-state index is 0.0285. The van der Waals surface area contributed by atoms with Crippen molar-refractivity contribution in [1.82, 2.24) is 8.61 Å². The Labute approximate surface area is 200 Å². The molecular weight excluding hydrogens is 488 g/mol. The van der Waals surface area contributed by atoms with Crippen molar-refractivity contribution >= 4 is 49.1 Å². The van der Waals surface area contributed by atoms with E-state index in [0.717, 1.165) is 4.31 Å². The molecule has 2 aromatic carbocycles. The summed E-state index contributed by atoms with van der Waals surface area (Å²) >= 11 is 6.06. The number of hydrogen-bond donors (Lipinski definition) is 2. The highest BCUT2D eigenvalue weighted by Crippen LogP contribution is 2.26. The van der Waals surface area contributed by atoms with Crippen LogP contribution in [0.2, 0.25) is 5.02 Å². The Hall–Kier alpha value is -2.18. The van der Waals surface area contributed by atoms with Gasteiger partial charge in [0.25, 0.3) is 20.2 Å². The van der Waals surface area contributed by atoms with Crippen molar-refractivity contribution in [3.63, 3.8) is 0 Å². The standard InChI is InChI=1S/C21H27ClN4O5S2/c1-15-19(22)7-4-8-20(15)24-32(28,29)18-11-9-17(10-12-18)23-21(27)16-6-5-13-26(14-16)33(30,31)25(2)3/h4,7-12,16,24H,5-6,13-14H2,1-3H3,(H,23,27)/t16-/m0/s1. The second-order valence-electron chi connectivity index (χ2n) is 8.02. The number of carbonyl (C=O) groups is 1. The lowest BCUT2D eigenvalue weighted by Gasteiger charge is -2.32. The van der Waals surface area contributed by atoms with Crippen molar-refractivity contribution in [2.75, 3.05) is 37.2 Å². The van der Waals surface area contributed by atoms with Crippen LogP contribution in [0.3, 0.4) is 0 Å². The van der Waals surface area contributed by atoms with E-state index in [4.69, 9.17) is 11.6 Å². The number of sulfonamides is 1. The lowest BCUT2D eigenvalue weighted by molar-refractivity contribution is -0.120.